The largest absolute Gasteiger partial charge is 0.461 e. The van der Waals surface area contributed by atoms with E-state index in [4.69, 9.17) is 16.6 Å². The van der Waals surface area contributed by atoms with E-state index in [-0.39, 0.29) is 11.7 Å². The van der Waals surface area contributed by atoms with E-state index in [1.807, 2.05) is 47.9 Å². The molecule has 3 N–H and O–H groups in total. The number of hydrazine groups is 1. The smallest absolute Gasteiger partial charge is 0.248 e. The van der Waals surface area contributed by atoms with Gasteiger partial charge in [0.1, 0.15) is 0 Å². The summed E-state index contributed by atoms with van der Waals surface area (Å²) in [4.78, 5) is 12.1. The maximum absolute atomic E-state index is 12.1. The second-order valence-corrected chi connectivity index (χ2v) is 7.01. The van der Waals surface area contributed by atoms with Crippen LogP contribution in [-0.2, 0) is 17.9 Å². The van der Waals surface area contributed by atoms with E-state index < -0.39 is 0 Å². The third-order valence-electron chi connectivity index (χ3n) is 3.72. The molecular weight excluding hydrogens is 396 g/mol. The number of carbonyl (C=O) groups is 1. The SMILES string of the molecule is CCn1c(SCC(=O)NNC(=S)NCc2ccccc2)nnc1-c1ccco1. The Hall–Kier alpha value is -2.85. The molecule has 8 nitrogen and oxygen atoms in total. The number of aromatic nitrogens is 3. The van der Waals surface area contributed by atoms with Crippen LogP contribution in [-0.4, -0.2) is 31.5 Å². The van der Waals surface area contributed by atoms with Gasteiger partial charge in [-0.05, 0) is 36.8 Å². The van der Waals surface area contributed by atoms with Gasteiger partial charge in [-0.1, -0.05) is 42.1 Å². The van der Waals surface area contributed by atoms with Crippen molar-refractivity contribution in [1.82, 2.24) is 30.9 Å². The maximum atomic E-state index is 12.1. The van der Waals surface area contributed by atoms with Crippen LogP contribution in [0.2, 0.25) is 0 Å². The molecule has 0 radical (unpaired) electrons. The molecule has 0 aliphatic carbocycles. The van der Waals surface area contributed by atoms with Crippen molar-refractivity contribution in [3.8, 4) is 11.6 Å². The Kier molecular flexibility index (Phi) is 7.04. The number of rotatable bonds is 7. The van der Waals surface area contributed by atoms with E-state index in [0.717, 1.165) is 5.56 Å². The van der Waals surface area contributed by atoms with Crippen LogP contribution in [0.25, 0.3) is 11.6 Å². The number of nitrogens with one attached hydrogen (secondary N) is 3. The predicted octanol–water partition coefficient (Wildman–Crippen LogP) is 2.35. The lowest BCUT2D eigenvalue weighted by Gasteiger charge is -2.11. The van der Waals surface area contributed by atoms with Crippen molar-refractivity contribution in [3.63, 3.8) is 0 Å². The van der Waals surface area contributed by atoms with Gasteiger partial charge in [-0.25, -0.2) is 0 Å². The molecule has 1 aromatic carbocycles. The first kappa shape index (κ1) is 19.9. The quantitative estimate of drug-likeness (QED) is 0.307. The van der Waals surface area contributed by atoms with Crippen molar-refractivity contribution in [2.75, 3.05) is 5.75 Å². The average Bonchev–Trinajstić information content (AvgIpc) is 3.39. The zero-order chi connectivity index (χ0) is 19.8. The number of hydrogen-bond acceptors (Lipinski definition) is 6. The zero-order valence-electron chi connectivity index (χ0n) is 15.2. The molecule has 0 fully saturated rings. The highest BCUT2D eigenvalue weighted by atomic mass is 32.2. The molecule has 2 heterocycles. The first-order valence-corrected chi connectivity index (χ1v) is 10.0. The predicted molar refractivity (Wildman–Crippen MR) is 111 cm³/mol. The lowest BCUT2D eigenvalue weighted by Crippen LogP contribution is -2.47. The number of furan rings is 1. The summed E-state index contributed by atoms with van der Waals surface area (Å²) in [6, 6.07) is 13.5. The van der Waals surface area contributed by atoms with Crippen LogP contribution < -0.4 is 16.2 Å². The fraction of sp³-hybridized carbons (Fsp3) is 0.222. The second kappa shape index (κ2) is 9.90. The van der Waals surface area contributed by atoms with Gasteiger partial charge in [-0.3, -0.25) is 20.2 Å². The van der Waals surface area contributed by atoms with Gasteiger partial charge in [0, 0.05) is 13.1 Å². The molecule has 28 heavy (non-hydrogen) atoms. The molecule has 10 heteroatoms. The standard InChI is InChI=1S/C18H20N6O2S2/c1-2-24-16(14-9-6-10-26-14)21-23-18(24)28-12-15(25)20-22-17(27)19-11-13-7-4-3-5-8-13/h3-10H,2,11-12H2,1H3,(H,20,25)(H2,19,22,27). The molecule has 1 amide bonds. The Balaban J connectivity index is 1.44. The summed E-state index contributed by atoms with van der Waals surface area (Å²) in [5.74, 6) is 1.23. The van der Waals surface area contributed by atoms with Crippen molar-refractivity contribution >= 4 is 35.0 Å². The second-order valence-electron chi connectivity index (χ2n) is 5.66. The summed E-state index contributed by atoms with van der Waals surface area (Å²) in [5.41, 5.74) is 6.36. The molecular formula is C18H20N6O2S2. The Labute approximate surface area is 172 Å². The van der Waals surface area contributed by atoms with E-state index in [2.05, 4.69) is 26.4 Å². The first-order chi connectivity index (χ1) is 13.7. The number of amides is 1. The normalized spacial score (nSPS) is 10.5. The van der Waals surface area contributed by atoms with Crippen molar-refractivity contribution in [3.05, 3.63) is 54.3 Å². The van der Waals surface area contributed by atoms with Crippen LogP contribution in [0.4, 0.5) is 0 Å². The number of hydrogen-bond donors (Lipinski definition) is 3. The molecule has 3 aromatic rings. The number of nitrogens with zero attached hydrogens (tertiary/aromatic N) is 3. The summed E-state index contributed by atoms with van der Waals surface area (Å²) in [5, 5.41) is 12.3. The Morgan fingerprint density at radius 2 is 2.00 bits per heavy atom. The maximum Gasteiger partial charge on any atom is 0.248 e. The molecule has 146 valence electrons. The van der Waals surface area contributed by atoms with Crippen molar-refractivity contribution < 1.29 is 9.21 Å². The van der Waals surface area contributed by atoms with Gasteiger partial charge in [-0.2, -0.15) is 0 Å². The lowest BCUT2D eigenvalue weighted by atomic mass is 10.2. The van der Waals surface area contributed by atoms with Gasteiger partial charge >= 0.3 is 0 Å². The third-order valence-corrected chi connectivity index (χ3v) is 4.93. The van der Waals surface area contributed by atoms with Gasteiger partial charge in [0.05, 0.1) is 12.0 Å². The van der Waals surface area contributed by atoms with E-state index in [9.17, 15) is 4.79 Å². The van der Waals surface area contributed by atoms with E-state index >= 15 is 0 Å². The van der Waals surface area contributed by atoms with E-state index in [1.165, 1.54) is 11.8 Å². The molecule has 2 aromatic heterocycles. The molecule has 0 bridgehead atoms. The highest BCUT2D eigenvalue weighted by molar-refractivity contribution is 7.99. The molecule has 0 spiro atoms. The van der Waals surface area contributed by atoms with Gasteiger partial charge in [0.15, 0.2) is 21.9 Å². The average molecular weight is 417 g/mol. The number of thiocarbonyl (C=S) groups is 1. The minimum absolute atomic E-state index is 0.171. The summed E-state index contributed by atoms with van der Waals surface area (Å²) in [6.45, 7) is 3.23. The Morgan fingerprint density at radius 1 is 1.18 bits per heavy atom. The summed E-state index contributed by atoms with van der Waals surface area (Å²) in [6.07, 6.45) is 1.59. The van der Waals surface area contributed by atoms with E-state index in [1.54, 1.807) is 12.3 Å². The summed E-state index contributed by atoms with van der Waals surface area (Å²) >= 11 is 6.45. The van der Waals surface area contributed by atoms with Crippen molar-refractivity contribution in [2.24, 2.45) is 0 Å². The van der Waals surface area contributed by atoms with Crippen molar-refractivity contribution in [1.29, 1.82) is 0 Å². The third kappa shape index (κ3) is 5.33. The number of carbonyl (C=O) groups excluding carboxylic acids is 1. The fourth-order valence-corrected chi connectivity index (χ4v) is 3.31. The summed E-state index contributed by atoms with van der Waals surface area (Å²) in [7, 11) is 0. The van der Waals surface area contributed by atoms with Crippen LogP contribution in [0.1, 0.15) is 12.5 Å². The monoisotopic (exact) mass is 416 g/mol. The molecule has 0 aliphatic heterocycles. The molecule has 0 saturated heterocycles. The van der Waals surface area contributed by atoms with Gasteiger partial charge in [0.2, 0.25) is 5.91 Å². The van der Waals surface area contributed by atoms with Gasteiger partial charge in [0.25, 0.3) is 0 Å². The highest BCUT2D eigenvalue weighted by Crippen LogP contribution is 2.23. The van der Waals surface area contributed by atoms with Crippen molar-refractivity contribution in [2.45, 2.75) is 25.2 Å². The molecule has 0 saturated carbocycles. The van der Waals surface area contributed by atoms with Gasteiger partial charge < -0.3 is 9.73 Å². The topological polar surface area (TPSA) is 97.0 Å². The van der Waals surface area contributed by atoms with Crippen LogP contribution >= 0.6 is 24.0 Å². The fourth-order valence-electron chi connectivity index (χ4n) is 2.38. The Bertz CT molecular complexity index is 912. The Morgan fingerprint density at radius 3 is 2.71 bits per heavy atom. The molecule has 0 aliphatic rings. The van der Waals surface area contributed by atoms with Gasteiger partial charge in [-0.15, -0.1) is 10.2 Å². The van der Waals surface area contributed by atoms with Crippen LogP contribution in [0, 0.1) is 0 Å². The molecule has 0 unspecified atom stereocenters. The van der Waals surface area contributed by atoms with Crippen LogP contribution in [0.15, 0.2) is 58.3 Å². The zero-order valence-corrected chi connectivity index (χ0v) is 16.8. The number of thioether (sulfide) groups is 1. The minimum atomic E-state index is -0.223. The van der Waals surface area contributed by atoms with Crippen LogP contribution in [0.3, 0.4) is 0 Å². The molecule has 0 atom stereocenters. The first-order valence-electron chi connectivity index (χ1n) is 8.64. The highest BCUT2D eigenvalue weighted by Gasteiger charge is 2.16. The minimum Gasteiger partial charge on any atom is -0.461 e. The van der Waals surface area contributed by atoms with Crippen LogP contribution in [0.5, 0.6) is 0 Å². The lowest BCUT2D eigenvalue weighted by molar-refractivity contribution is -0.119. The molecule has 3 rings (SSSR count). The number of benzene rings is 1. The van der Waals surface area contributed by atoms with E-state index in [0.29, 0.717) is 34.9 Å². The summed E-state index contributed by atoms with van der Waals surface area (Å²) < 4.78 is 7.28.